The van der Waals surface area contributed by atoms with Gasteiger partial charge in [0.1, 0.15) is 5.82 Å². The van der Waals surface area contributed by atoms with Crippen molar-refractivity contribution < 1.29 is 14.6 Å². The van der Waals surface area contributed by atoms with Gasteiger partial charge in [-0.2, -0.15) is 0 Å². The Morgan fingerprint density at radius 3 is 2.78 bits per heavy atom. The predicted molar refractivity (Wildman–Crippen MR) is 64.4 cm³/mol. The molecule has 0 aliphatic rings. The number of rotatable bonds is 3. The van der Waals surface area contributed by atoms with Crippen LogP contribution in [0.25, 0.3) is 5.65 Å². The Hall–Kier alpha value is -1.95. The molecular formula is C12H15N3O3. The lowest BCUT2D eigenvalue weighted by molar-refractivity contribution is 0.0600. The number of ether oxygens (including phenoxy) is 1. The van der Waals surface area contributed by atoms with E-state index in [1.165, 1.54) is 7.11 Å². The van der Waals surface area contributed by atoms with Crippen molar-refractivity contribution in [2.45, 2.75) is 19.3 Å². The van der Waals surface area contributed by atoms with Crippen molar-refractivity contribution in [1.29, 1.82) is 0 Å². The lowest BCUT2D eigenvalue weighted by Gasteiger charge is -2.19. The molecule has 2 rings (SSSR count). The summed E-state index contributed by atoms with van der Waals surface area (Å²) in [6.07, 6.45) is 1.62. The fourth-order valence-electron chi connectivity index (χ4n) is 1.66. The highest BCUT2D eigenvalue weighted by Gasteiger charge is 2.26. The molecule has 0 radical (unpaired) electrons. The number of fused-ring (bicyclic) bond motifs is 1. The normalized spacial score (nSPS) is 11.8. The molecule has 0 saturated heterocycles. The maximum Gasteiger partial charge on any atom is 0.339 e. The maximum atomic E-state index is 11.5. The van der Waals surface area contributed by atoms with E-state index in [0.717, 1.165) is 0 Å². The van der Waals surface area contributed by atoms with Gasteiger partial charge < -0.3 is 9.84 Å². The van der Waals surface area contributed by atoms with Crippen LogP contribution < -0.4 is 0 Å². The molecule has 0 aliphatic heterocycles. The summed E-state index contributed by atoms with van der Waals surface area (Å²) in [5, 5.41) is 17.5. The van der Waals surface area contributed by atoms with Crippen molar-refractivity contribution in [1.82, 2.24) is 14.6 Å². The number of methoxy groups -OCH3 is 1. The fraction of sp³-hybridized carbons (Fsp3) is 0.417. The molecule has 0 saturated carbocycles. The van der Waals surface area contributed by atoms with Gasteiger partial charge in [-0.15, -0.1) is 10.2 Å². The van der Waals surface area contributed by atoms with Crippen LogP contribution in [0.2, 0.25) is 0 Å². The zero-order valence-electron chi connectivity index (χ0n) is 10.5. The largest absolute Gasteiger partial charge is 0.465 e. The highest BCUT2D eigenvalue weighted by molar-refractivity contribution is 5.89. The topological polar surface area (TPSA) is 76.7 Å². The van der Waals surface area contributed by atoms with E-state index in [1.54, 1.807) is 22.7 Å². The molecular weight excluding hydrogens is 234 g/mol. The molecule has 96 valence electrons. The van der Waals surface area contributed by atoms with Gasteiger partial charge in [-0.25, -0.2) is 4.79 Å². The molecule has 18 heavy (non-hydrogen) atoms. The predicted octanol–water partition coefficient (Wildman–Crippen LogP) is 0.786. The number of aliphatic hydroxyl groups is 1. The third kappa shape index (κ3) is 1.95. The van der Waals surface area contributed by atoms with Crippen molar-refractivity contribution in [2.24, 2.45) is 0 Å². The van der Waals surface area contributed by atoms with Gasteiger partial charge in [0.15, 0.2) is 5.65 Å². The number of carbonyl (C=O) groups excluding carboxylic acids is 1. The summed E-state index contributed by atoms with van der Waals surface area (Å²) < 4.78 is 6.37. The third-order valence-corrected chi connectivity index (χ3v) is 2.82. The number of hydrogen-bond donors (Lipinski definition) is 1. The minimum atomic E-state index is -0.534. The van der Waals surface area contributed by atoms with E-state index in [4.69, 9.17) is 0 Å². The number of nitrogens with zero attached hydrogens (tertiary/aromatic N) is 3. The van der Waals surface area contributed by atoms with Crippen LogP contribution in [0.4, 0.5) is 0 Å². The first-order valence-corrected chi connectivity index (χ1v) is 5.54. The minimum absolute atomic E-state index is 0.0593. The molecule has 0 spiro atoms. The summed E-state index contributed by atoms with van der Waals surface area (Å²) in [6.45, 7) is 3.65. The van der Waals surface area contributed by atoms with E-state index in [2.05, 4.69) is 14.9 Å². The van der Waals surface area contributed by atoms with Crippen molar-refractivity contribution >= 4 is 11.6 Å². The van der Waals surface area contributed by atoms with Gasteiger partial charge in [0.25, 0.3) is 0 Å². The molecule has 0 unspecified atom stereocenters. The molecule has 6 nitrogen and oxygen atoms in total. The molecule has 0 aromatic carbocycles. The van der Waals surface area contributed by atoms with Gasteiger partial charge in [0, 0.05) is 11.6 Å². The second-order valence-corrected chi connectivity index (χ2v) is 4.70. The molecule has 0 aliphatic carbocycles. The Labute approximate surface area is 104 Å². The highest BCUT2D eigenvalue weighted by atomic mass is 16.5. The van der Waals surface area contributed by atoms with Crippen molar-refractivity contribution in [3.8, 4) is 0 Å². The van der Waals surface area contributed by atoms with E-state index >= 15 is 0 Å². The van der Waals surface area contributed by atoms with Crippen LogP contribution in [-0.2, 0) is 10.2 Å². The molecule has 6 heteroatoms. The van der Waals surface area contributed by atoms with E-state index in [0.29, 0.717) is 17.0 Å². The average molecular weight is 249 g/mol. The van der Waals surface area contributed by atoms with Crippen molar-refractivity contribution in [2.75, 3.05) is 13.7 Å². The summed E-state index contributed by atoms with van der Waals surface area (Å²) >= 11 is 0. The van der Waals surface area contributed by atoms with Crippen molar-refractivity contribution in [3.63, 3.8) is 0 Å². The number of aromatic nitrogens is 3. The van der Waals surface area contributed by atoms with E-state index in [1.807, 2.05) is 13.8 Å². The number of carbonyl (C=O) groups is 1. The summed E-state index contributed by atoms with van der Waals surface area (Å²) in [6, 6.07) is 3.32. The van der Waals surface area contributed by atoms with Gasteiger partial charge in [0.2, 0.25) is 0 Å². The Bertz CT molecular complexity index is 589. The highest BCUT2D eigenvalue weighted by Crippen LogP contribution is 2.21. The first-order valence-electron chi connectivity index (χ1n) is 5.54. The Kier molecular flexibility index (Phi) is 3.04. The molecule has 1 N–H and O–H groups in total. The molecule has 2 aromatic heterocycles. The quantitative estimate of drug-likeness (QED) is 0.814. The summed E-state index contributed by atoms with van der Waals surface area (Å²) in [5.41, 5.74) is 0.507. The average Bonchev–Trinajstić information content (AvgIpc) is 2.81. The Morgan fingerprint density at radius 1 is 1.44 bits per heavy atom. The molecule has 2 heterocycles. The first kappa shape index (κ1) is 12.5. The second-order valence-electron chi connectivity index (χ2n) is 4.70. The number of hydrogen-bond acceptors (Lipinski definition) is 5. The lowest BCUT2D eigenvalue weighted by atomic mass is 9.94. The molecule has 0 bridgehead atoms. The van der Waals surface area contributed by atoms with Crippen LogP contribution in [0.15, 0.2) is 18.3 Å². The summed E-state index contributed by atoms with van der Waals surface area (Å²) in [4.78, 5) is 11.5. The second kappa shape index (κ2) is 4.38. The van der Waals surface area contributed by atoms with Gasteiger partial charge in [-0.3, -0.25) is 4.40 Å². The van der Waals surface area contributed by atoms with Crippen molar-refractivity contribution in [3.05, 3.63) is 29.7 Å². The number of esters is 1. The third-order valence-electron chi connectivity index (χ3n) is 2.82. The first-order chi connectivity index (χ1) is 8.49. The number of aliphatic hydroxyl groups excluding tert-OH is 1. The molecule has 0 atom stereocenters. The summed E-state index contributed by atoms with van der Waals surface area (Å²) in [5.74, 6) is 0.184. The SMILES string of the molecule is COC(=O)c1ccc2nnc(C(C)(C)CO)n2c1. The molecule has 0 fully saturated rings. The number of pyridine rings is 1. The smallest absolute Gasteiger partial charge is 0.339 e. The Balaban J connectivity index is 2.60. The van der Waals surface area contributed by atoms with Crippen LogP contribution >= 0.6 is 0 Å². The van der Waals surface area contributed by atoms with Crippen LogP contribution in [-0.4, -0.2) is 39.4 Å². The van der Waals surface area contributed by atoms with Gasteiger partial charge in [-0.1, -0.05) is 13.8 Å². The molecule has 2 aromatic rings. The Morgan fingerprint density at radius 2 is 2.17 bits per heavy atom. The van der Waals surface area contributed by atoms with Gasteiger partial charge in [0.05, 0.1) is 19.3 Å². The standard InChI is InChI=1S/C12H15N3O3/c1-12(2,7-16)11-14-13-9-5-4-8(6-15(9)11)10(17)18-3/h4-6,16H,7H2,1-3H3. The van der Waals surface area contributed by atoms with E-state index < -0.39 is 11.4 Å². The van der Waals surface area contributed by atoms with Crippen LogP contribution in [0.3, 0.4) is 0 Å². The van der Waals surface area contributed by atoms with Gasteiger partial charge in [-0.05, 0) is 12.1 Å². The summed E-state index contributed by atoms with van der Waals surface area (Å²) in [7, 11) is 1.33. The monoisotopic (exact) mass is 249 g/mol. The van der Waals surface area contributed by atoms with E-state index in [-0.39, 0.29) is 6.61 Å². The van der Waals surface area contributed by atoms with Gasteiger partial charge >= 0.3 is 5.97 Å². The fourth-order valence-corrected chi connectivity index (χ4v) is 1.66. The molecule has 0 amide bonds. The van der Waals surface area contributed by atoms with Crippen LogP contribution in [0, 0.1) is 0 Å². The van der Waals surface area contributed by atoms with E-state index in [9.17, 15) is 9.90 Å². The minimum Gasteiger partial charge on any atom is -0.465 e. The zero-order valence-corrected chi connectivity index (χ0v) is 10.5. The van der Waals surface area contributed by atoms with Crippen LogP contribution in [0.5, 0.6) is 0 Å². The van der Waals surface area contributed by atoms with Crippen LogP contribution in [0.1, 0.15) is 30.0 Å². The maximum absolute atomic E-state index is 11.5. The lowest BCUT2D eigenvalue weighted by Crippen LogP contribution is -2.25. The zero-order chi connectivity index (χ0) is 13.3.